The Morgan fingerprint density at radius 3 is 2.35 bits per heavy atom. The third kappa shape index (κ3) is 5.73. The van der Waals surface area contributed by atoms with Crippen LogP contribution in [0.3, 0.4) is 0 Å². The summed E-state index contributed by atoms with van der Waals surface area (Å²) in [6.07, 6.45) is 11.8. The van der Waals surface area contributed by atoms with Crippen molar-refractivity contribution in [2.45, 2.75) is 51.4 Å². The quantitative estimate of drug-likeness (QED) is 0.763. The van der Waals surface area contributed by atoms with Gasteiger partial charge in [0.05, 0.1) is 6.54 Å². The van der Waals surface area contributed by atoms with Crippen LogP contribution in [-0.4, -0.2) is 79.0 Å². The lowest BCUT2D eigenvalue weighted by molar-refractivity contribution is -0.133. The molecule has 0 saturated carbocycles. The number of hydrogen-bond acceptors (Lipinski definition) is 3. The molecule has 0 radical (unpaired) electrons. The molecule has 0 bridgehead atoms. The van der Waals surface area contributed by atoms with Crippen molar-refractivity contribution < 1.29 is 9.59 Å². The molecule has 146 valence electrons. The summed E-state index contributed by atoms with van der Waals surface area (Å²) in [7, 11) is 0. The molecule has 0 aromatic carbocycles. The summed E-state index contributed by atoms with van der Waals surface area (Å²) in [5, 5.41) is 3.06. The van der Waals surface area contributed by atoms with Crippen LogP contribution >= 0.6 is 0 Å². The minimum atomic E-state index is 0.0448. The van der Waals surface area contributed by atoms with E-state index in [-0.39, 0.29) is 11.9 Å². The van der Waals surface area contributed by atoms with Crippen LogP contribution in [0, 0.1) is 0 Å². The second-order valence-corrected chi connectivity index (χ2v) is 7.79. The van der Waals surface area contributed by atoms with Gasteiger partial charge in [-0.3, -0.25) is 9.69 Å². The van der Waals surface area contributed by atoms with Gasteiger partial charge in [0, 0.05) is 45.8 Å². The van der Waals surface area contributed by atoms with E-state index in [1.807, 2.05) is 9.80 Å². The van der Waals surface area contributed by atoms with Crippen molar-refractivity contribution in [2.24, 2.45) is 0 Å². The first kappa shape index (κ1) is 19.2. The minimum Gasteiger partial charge on any atom is -0.342 e. The molecule has 1 aliphatic carbocycles. The molecule has 2 aliphatic heterocycles. The van der Waals surface area contributed by atoms with E-state index in [1.54, 1.807) is 0 Å². The molecule has 0 unspecified atom stereocenters. The van der Waals surface area contributed by atoms with E-state index in [0.29, 0.717) is 19.6 Å². The van der Waals surface area contributed by atoms with E-state index >= 15 is 0 Å². The number of allylic oxidation sites excluding steroid dienone is 1. The number of rotatable bonds is 5. The number of nitrogens with one attached hydrogen (secondary N) is 1. The summed E-state index contributed by atoms with van der Waals surface area (Å²) in [5.41, 5.74) is 1.50. The highest BCUT2D eigenvalue weighted by Gasteiger charge is 2.24. The van der Waals surface area contributed by atoms with Crippen LogP contribution in [0.5, 0.6) is 0 Å². The summed E-state index contributed by atoms with van der Waals surface area (Å²) < 4.78 is 0. The molecule has 3 amide bonds. The van der Waals surface area contributed by atoms with E-state index in [9.17, 15) is 9.59 Å². The molecule has 3 rings (SSSR count). The number of piperazine rings is 1. The number of hydrogen-bond donors (Lipinski definition) is 1. The first-order valence-electron chi connectivity index (χ1n) is 10.4. The number of likely N-dealkylation sites (tertiary alicyclic amines) is 1. The van der Waals surface area contributed by atoms with Crippen LogP contribution in [0.25, 0.3) is 0 Å². The number of urea groups is 1. The lowest BCUT2D eigenvalue weighted by atomic mass is 9.97. The Balaban J connectivity index is 1.31. The molecular formula is C20H34N4O2. The van der Waals surface area contributed by atoms with Gasteiger partial charge < -0.3 is 15.1 Å². The highest BCUT2D eigenvalue weighted by Crippen LogP contribution is 2.19. The Morgan fingerprint density at radius 1 is 0.885 bits per heavy atom. The average Bonchev–Trinajstić information content (AvgIpc) is 2.70. The molecule has 2 heterocycles. The average molecular weight is 363 g/mol. The van der Waals surface area contributed by atoms with Crippen LogP contribution in [0.2, 0.25) is 0 Å². The largest absolute Gasteiger partial charge is 0.342 e. The van der Waals surface area contributed by atoms with Crippen molar-refractivity contribution in [1.29, 1.82) is 0 Å². The predicted molar refractivity (Wildman–Crippen MR) is 103 cm³/mol. The molecule has 3 aliphatic rings. The van der Waals surface area contributed by atoms with Crippen LogP contribution in [0.15, 0.2) is 11.6 Å². The lowest BCUT2D eigenvalue weighted by Crippen LogP contribution is -2.54. The Hall–Kier alpha value is -1.56. The van der Waals surface area contributed by atoms with Gasteiger partial charge in [-0.25, -0.2) is 4.79 Å². The molecule has 6 heteroatoms. The zero-order chi connectivity index (χ0) is 18.2. The van der Waals surface area contributed by atoms with E-state index in [1.165, 1.54) is 37.7 Å². The summed E-state index contributed by atoms with van der Waals surface area (Å²) in [5.74, 6) is 0.253. The van der Waals surface area contributed by atoms with Crippen molar-refractivity contribution in [2.75, 3.05) is 52.4 Å². The van der Waals surface area contributed by atoms with Crippen molar-refractivity contribution >= 4 is 11.9 Å². The topological polar surface area (TPSA) is 55.9 Å². The maximum atomic E-state index is 12.4. The first-order valence-corrected chi connectivity index (χ1v) is 10.4. The zero-order valence-corrected chi connectivity index (χ0v) is 16.0. The fourth-order valence-corrected chi connectivity index (χ4v) is 4.12. The maximum absolute atomic E-state index is 12.4. The third-order valence-corrected chi connectivity index (χ3v) is 5.83. The van der Waals surface area contributed by atoms with Crippen LogP contribution in [0.1, 0.15) is 51.4 Å². The molecule has 2 fully saturated rings. The Morgan fingerprint density at radius 2 is 1.65 bits per heavy atom. The Kier molecular flexibility index (Phi) is 7.35. The number of piperidine rings is 1. The third-order valence-electron chi connectivity index (χ3n) is 5.83. The van der Waals surface area contributed by atoms with Gasteiger partial charge in [-0.2, -0.15) is 0 Å². The van der Waals surface area contributed by atoms with Gasteiger partial charge in [0.2, 0.25) is 5.91 Å². The number of amides is 3. The normalized spacial score (nSPS) is 22.1. The molecule has 0 atom stereocenters. The van der Waals surface area contributed by atoms with Gasteiger partial charge >= 0.3 is 6.03 Å². The van der Waals surface area contributed by atoms with Gasteiger partial charge in [0.25, 0.3) is 0 Å². The van der Waals surface area contributed by atoms with Gasteiger partial charge in [0.1, 0.15) is 0 Å². The molecule has 26 heavy (non-hydrogen) atoms. The van der Waals surface area contributed by atoms with Gasteiger partial charge in [-0.1, -0.05) is 11.6 Å². The Labute approximate surface area is 157 Å². The fraction of sp³-hybridized carbons (Fsp3) is 0.800. The maximum Gasteiger partial charge on any atom is 0.317 e. The smallest absolute Gasteiger partial charge is 0.317 e. The molecule has 0 aromatic rings. The molecule has 6 nitrogen and oxygen atoms in total. The summed E-state index contributed by atoms with van der Waals surface area (Å²) in [6, 6.07) is 0.0448. The molecule has 0 aromatic heterocycles. The highest BCUT2D eigenvalue weighted by atomic mass is 16.2. The lowest BCUT2D eigenvalue weighted by Gasteiger charge is -2.36. The standard InChI is InChI=1S/C20H34N4O2/c25-19(23-11-5-2-6-12-23)17-22-13-15-24(16-14-22)20(26)21-10-9-18-7-3-1-4-8-18/h7H,1-6,8-17H2,(H,21,26). The highest BCUT2D eigenvalue weighted by molar-refractivity contribution is 5.78. The van der Waals surface area contributed by atoms with Gasteiger partial charge in [-0.15, -0.1) is 0 Å². The molecule has 0 spiro atoms. The minimum absolute atomic E-state index is 0.0448. The first-order chi connectivity index (χ1) is 12.7. The zero-order valence-electron chi connectivity index (χ0n) is 16.0. The summed E-state index contributed by atoms with van der Waals surface area (Å²) >= 11 is 0. The molecule has 1 N–H and O–H groups in total. The molecular weight excluding hydrogens is 328 g/mol. The number of carbonyl (C=O) groups excluding carboxylic acids is 2. The van der Waals surface area contributed by atoms with Gasteiger partial charge in [-0.05, 0) is 51.4 Å². The van der Waals surface area contributed by atoms with Crippen molar-refractivity contribution in [3.8, 4) is 0 Å². The van der Waals surface area contributed by atoms with E-state index in [2.05, 4.69) is 16.3 Å². The van der Waals surface area contributed by atoms with E-state index in [4.69, 9.17) is 0 Å². The summed E-state index contributed by atoms with van der Waals surface area (Å²) in [6.45, 7) is 6.07. The van der Waals surface area contributed by atoms with Gasteiger partial charge in [0.15, 0.2) is 0 Å². The van der Waals surface area contributed by atoms with Crippen LogP contribution < -0.4 is 5.32 Å². The van der Waals surface area contributed by atoms with Crippen molar-refractivity contribution in [3.05, 3.63) is 11.6 Å². The molecule has 2 saturated heterocycles. The Bertz CT molecular complexity index is 506. The second kappa shape index (κ2) is 9.95. The predicted octanol–water partition coefficient (Wildman–Crippen LogP) is 2.22. The fourth-order valence-electron chi connectivity index (χ4n) is 4.12. The van der Waals surface area contributed by atoms with Crippen molar-refractivity contribution in [3.63, 3.8) is 0 Å². The van der Waals surface area contributed by atoms with Crippen LogP contribution in [0.4, 0.5) is 4.79 Å². The number of carbonyl (C=O) groups is 2. The second-order valence-electron chi connectivity index (χ2n) is 7.79. The number of nitrogens with zero attached hydrogens (tertiary/aromatic N) is 3. The monoisotopic (exact) mass is 362 g/mol. The van der Waals surface area contributed by atoms with Crippen molar-refractivity contribution in [1.82, 2.24) is 20.0 Å². The summed E-state index contributed by atoms with van der Waals surface area (Å²) in [4.78, 5) is 30.8. The van der Waals surface area contributed by atoms with Crippen LogP contribution in [-0.2, 0) is 4.79 Å². The SMILES string of the molecule is O=C(CN1CCN(C(=O)NCCC2=CCCCC2)CC1)N1CCCCC1. The van der Waals surface area contributed by atoms with E-state index in [0.717, 1.165) is 52.0 Å². The van der Waals surface area contributed by atoms with E-state index < -0.39 is 0 Å².